The third kappa shape index (κ3) is 3.35. The molecule has 2 fully saturated rings. The number of piperidine rings is 1. The van der Waals surface area contributed by atoms with Crippen molar-refractivity contribution in [3.63, 3.8) is 0 Å². The van der Waals surface area contributed by atoms with Crippen LogP contribution in [0.1, 0.15) is 32.6 Å². The molecule has 4 heteroatoms. The average Bonchev–Trinajstić information content (AvgIpc) is 2.90. The Balaban J connectivity index is 1.83. The summed E-state index contributed by atoms with van der Waals surface area (Å²) in [5.74, 6) is 0.648. The van der Waals surface area contributed by atoms with Crippen molar-refractivity contribution in [2.24, 2.45) is 5.92 Å². The third-order valence-electron chi connectivity index (χ3n) is 3.91. The van der Waals surface area contributed by atoms with E-state index in [-0.39, 0.29) is 6.03 Å². The topological polar surface area (TPSA) is 35.6 Å². The number of amides is 2. The van der Waals surface area contributed by atoms with Crippen LogP contribution < -0.4 is 5.32 Å². The second-order valence-electron chi connectivity index (χ2n) is 5.23. The summed E-state index contributed by atoms with van der Waals surface area (Å²) in [6.45, 7) is 7.98. The molecule has 4 nitrogen and oxygen atoms in total. The molecule has 2 amide bonds. The summed E-state index contributed by atoms with van der Waals surface area (Å²) < 4.78 is 0. The van der Waals surface area contributed by atoms with Crippen LogP contribution in [-0.4, -0.2) is 55.1 Å². The molecule has 1 atom stereocenters. The Morgan fingerprint density at radius 1 is 1.35 bits per heavy atom. The van der Waals surface area contributed by atoms with Gasteiger partial charge in [-0.2, -0.15) is 0 Å². The van der Waals surface area contributed by atoms with Crippen molar-refractivity contribution in [3.05, 3.63) is 0 Å². The van der Waals surface area contributed by atoms with Gasteiger partial charge in [0.15, 0.2) is 0 Å². The van der Waals surface area contributed by atoms with E-state index in [1.165, 1.54) is 25.7 Å². The SMILES string of the molecule is CCN(CC1CCCNC1)C(=O)N1CCCC1. The fourth-order valence-corrected chi connectivity index (χ4v) is 2.84. The molecule has 2 heterocycles. The van der Waals surface area contributed by atoms with Crippen LogP contribution in [-0.2, 0) is 0 Å². The van der Waals surface area contributed by atoms with Crippen molar-refractivity contribution in [1.82, 2.24) is 15.1 Å². The number of urea groups is 1. The van der Waals surface area contributed by atoms with Gasteiger partial charge in [0, 0.05) is 26.2 Å². The van der Waals surface area contributed by atoms with Gasteiger partial charge in [-0.3, -0.25) is 0 Å². The third-order valence-corrected chi connectivity index (χ3v) is 3.91. The summed E-state index contributed by atoms with van der Waals surface area (Å²) in [6, 6.07) is 0.260. The van der Waals surface area contributed by atoms with E-state index in [4.69, 9.17) is 0 Å². The molecule has 2 saturated heterocycles. The van der Waals surface area contributed by atoms with Crippen molar-refractivity contribution < 1.29 is 4.79 Å². The van der Waals surface area contributed by atoms with Gasteiger partial charge in [0.2, 0.25) is 0 Å². The van der Waals surface area contributed by atoms with Gasteiger partial charge in [-0.1, -0.05) is 0 Å². The van der Waals surface area contributed by atoms with Crippen LogP contribution in [0, 0.1) is 5.92 Å². The molecule has 0 bridgehead atoms. The maximum absolute atomic E-state index is 12.3. The van der Waals surface area contributed by atoms with Gasteiger partial charge in [-0.25, -0.2) is 4.79 Å². The minimum atomic E-state index is 0.260. The van der Waals surface area contributed by atoms with Gasteiger partial charge >= 0.3 is 6.03 Å². The number of nitrogens with one attached hydrogen (secondary N) is 1. The van der Waals surface area contributed by atoms with Crippen LogP contribution in [0.4, 0.5) is 4.79 Å². The van der Waals surface area contributed by atoms with Crippen LogP contribution >= 0.6 is 0 Å². The molecule has 1 N–H and O–H groups in total. The Labute approximate surface area is 104 Å². The first-order chi connectivity index (χ1) is 8.31. The van der Waals surface area contributed by atoms with Crippen molar-refractivity contribution >= 4 is 6.03 Å². The molecule has 0 radical (unpaired) electrons. The lowest BCUT2D eigenvalue weighted by molar-refractivity contribution is 0.152. The Morgan fingerprint density at radius 2 is 2.12 bits per heavy atom. The lowest BCUT2D eigenvalue weighted by Gasteiger charge is -2.32. The quantitative estimate of drug-likeness (QED) is 0.810. The van der Waals surface area contributed by atoms with E-state index in [1.54, 1.807) is 0 Å². The Bertz CT molecular complexity index is 245. The van der Waals surface area contributed by atoms with Crippen molar-refractivity contribution in [2.75, 3.05) is 39.3 Å². The zero-order valence-electron chi connectivity index (χ0n) is 11.0. The summed E-state index contributed by atoms with van der Waals surface area (Å²) in [6.07, 6.45) is 4.86. The minimum Gasteiger partial charge on any atom is -0.325 e. The van der Waals surface area contributed by atoms with Crippen molar-refractivity contribution in [2.45, 2.75) is 32.6 Å². The molecule has 0 aromatic carbocycles. The highest BCUT2D eigenvalue weighted by Crippen LogP contribution is 2.15. The summed E-state index contributed by atoms with van der Waals surface area (Å²) in [7, 11) is 0. The second-order valence-corrected chi connectivity index (χ2v) is 5.23. The van der Waals surface area contributed by atoms with Crippen LogP contribution in [0.25, 0.3) is 0 Å². The standard InChI is InChI=1S/C13H25N3O/c1-2-15(11-12-6-5-7-14-10-12)13(17)16-8-3-4-9-16/h12,14H,2-11H2,1H3. The zero-order chi connectivity index (χ0) is 12.1. The highest BCUT2D eigenvalue weighted by atomic mass is 16.2. The lowest BCUT2D eigenvalue weighted by atomic mass is 9.99. The molecule has 0 saturated carbocycles. The van der Waals surface area contributed by atoms with Gasteiger partial charge in [-0.15, -0.1) is 0 Å². The summed E-state index contributed by atoms with van der Waals surface area (Å²) in [5, 5.41) is 3.42. The smallest absolute Gasteiger partial charge is 0.319 e. The predicted octanol–water partition coefficient (Wildman–Crippen LogP) is 1.52. The molecule has 2 aliphatic heterocycles. The lowest BCUT2D eigenvalue weighted by Crippen LogP contribution is -2.46. The van der Waals surface area contributed by atoms with E-state index in [9.17, 15) is 4.79 Å². The van der Waals surface area contributed by atoms with E-state index in [0.29, 0.717) is 5.92 Å². The molecule has 2 aliphatic rings. The van der Waals surface area contributed by atoms with E-state index in [1.807, 2.05) is 9.80 Å². The first-order valence-corrected chi connectivity index (χ1v) is 7.06. The highest BCUT2D eigenvalue weighted by Gasteiger charge is 2.25. The molecule has 17 heavy (non-hydrogen) atoms. The largest absolute Gasteiger partial charge is 0.325 e. The number of rotatable bonds is 3. The molecular formula is C13H25N3O. The fourth-order valence-electron chi connectivity index (χ4n) is 2.84. The maximum Gasteiger partial charge on any atom is 0.319 e. The zero-order valence-corrected chi connectivity index (χ0v) is 11.0. The van der Waals surface area contributed by atoms with E-state index < -0.39 is 0 Å². The number of likely N-dealkylation sites (tertiary alicyclic amines) is 1. The monoisotopic (exact) mass is 239 g/mol. The van der Waals surface area contributed by atoms with Crippen LogP contribution in [0.3, 0.4) is 0 Å². The number of nitrogens with zero attached hydrogens (tertiary/aromatic N) is 2. The highest BCUT2D eigenvalue weighted by molar-refractivity contribution is 5.74. The van der Waals surface area contributed by atoms with Crippen molar-refractivity contribution in [3.8, 4) is 0 Å². The van der Waals surface area contributed by atoms with Crippen molar-refractivity contribution in [1.29, 1.82) is 0 Å². The summed E-state index contributed by atoms with van der Waals surface area (Å²) in [5.41, 5.74) is 0. The molecule has 0 spiro atoms. The van der Waals surface area contributed by atoms with Gasteiger partial charge < -0.3 is 15.1 Å². The Kier molecular flexibility index (Phi) is 4.66. The summed E-state index contributed by atoms with van der Waals surface area (Å²) >= 11 is 0. The molecule has 0 aliphatic carbocycles. The molecular weight excluding hydrogens is 214 g/mol. The van der Waals surface area contributed by atoms with E-state index >= 15 is 0 Å². The van der Waals surface area contributed by atoms with E-state index in [2.05, 4.69) is 12.2 Å². The van der Waals surface area contributed by atoms with Crippen LogP contribution in [0.5, 0.6) is 0 Å². The first kappa shape index (κ1) is 12.7. The molecule has 1 unspecified atom stereocenters. The fraction of sp³-hybridized carbons (Fsp3) is 0.923. The second kappa shape index (κ2) is 6.24. The predicted molar refractivity (Wildman–Crippen MR) is 69.0 cm³/mol. The molecule has 0 aromatic rings. The maximum atomic E-state index is 12.3. The normalized spacial score (nSPS) is 25.0. The number of carbonyl (C=O) groups is 1. The molecule has 0 aromatic heterocycles. The Hall–Kier alpha value is -0.770. The van der Waals surface area contributed by atoms with Gasteiger partial charge in [0.05, 0.1) is 0 Å². The van der Waals surface area contributed by atoms with E-state index in [0.717, 1.165) is 39.3 Å². The van der Waals surface area contributed by atoms with Crippen LogP contribution in [0.2, 0.25) is 0 Å². The van der Waals surface area contributed by atoms with Crippen LogP contribution in [0.15, 0.2) is 0 Å². The first-order valence-electron chi connectivity index (χ1n) is 7.06. The van der Waals surface area contributed by atoms with Gasteiger partial charge in [0.25, 0.3) is 0 Å². The molecule has 98 valence electrons. The Morgan fingerprint density at radius 3 is 2.71 bits per heavy atom. The van der Waals surface area contributed by atoms with Gasteiger partial charge in [0.1, 0.15) is 0 Å². The minimum absolute atomic E-state index is 0.260. The number of hydrogen-bond acceptors (Lipinski definition) is 2. The number of carbonyl (C=O) groups excluding carboxylic acids is 1. The number of hydrogen-bond donors (Lipinski definition) is 1. The summed E-state index contributed by atoms with van der Waals surface area (Å²) in [4.78, 5) is 16.3. The van der Waals surface area contributed by atoms with Gasteiger partial charge in [-0.05, 0) is 51.6 Å². The molecule has 2 rings (SSSR count). The average molecular weight is 239 g/mol.